The fourth-order valence-electron chi connectivity index (χ4n) is 2.24. The van der Waals surface area contributed by atoms with Crippen LogP contribution in [0, 0.1) is 5.92 Å². The molecule has 1 aromatic rings. The van der Waals surface area contributed by atoms with Crippen LogP contribution < -0.4 is 10.1 Å². The number of methoxy groups -OCH3 is 1. The van der Waals surface area contributed by atoms with Crippen LogP contribution in [0.25, 0.3) is 0 Å². The topological polar surface area (TPSA) is 38.3 Å². The summed E-state index contributed by atoms with van der Waals surface area (Å²) in [5.74, 6) is 1.56. The van der Waals surface area contributed by atoms with E-state index < -0.39 is 0 Å². The molecule has 0 radical (unpaired) electrons. The van der Waals surface area contributed by atoms with Gasteiger partial charge >= 0.3 is 0 Å². The average molecular weight is 324 g/mol. The molecular formula is C18H29NO2S. The lowest BCUT2D eigenvalue weighted by atomic mass is 9.99. The normalized spacial score (nSPS) is 13.5. The highest BCUT2D eigenvalue weighted by Crippen LogP contribution is 2.25. The van der Waals surface area contributed by atoms with E-state index in [4.69, 9.17) is 4.74 Å². The largest absolute Gasteiger partial charge is 0.497 e. The number of nitrogens with one attached hydrogen (secondary N) is 1. The smallest absolute Gasteiger partial charge is 0.233 e. The number of unbranched alkanes of at least 4 members (excludes halogenated alkanes) is 1. The van der Waals surface area contributed by atoms with Gasteiger partial charge < -0.3 is 10.1 Å². The molecule has 0 fully saturated rings. The van der Waals surface area contributed by atoms with E-state index in [1.165, 1.54) is 19.3 Å². The predicted octanol–water partition coefficient (Wildman–Crippen LogP) is 4.51. The van der Waals surface area contributed by atoms with Crippen LogP contribution in [0.4, 0.5) is 0 Å². The molecule has 1 amide bonds. The summed E-state index contributed by atoms with van der Waals surface area (Å²) in [7, 11) is 1.65. The van der Waals surface area contributed by atoms with Gasteiger partial charge in [0.25, 0.3) is 0 Å². The van der Waals surface area contributed by atoms with Crippen LogP contribution in [-0.2, 0) is 4.79 Å². The molecule has 22 heavy (non-hydrogen) atoms. The third-order valence-corrected chi connectivity index (χ3v) is 4.96. The minimum Gasteiger partial charge on any atom is -0.497 e. The molecule has 4 heteroatoms. The fraction of sp³-hybridized carbons (Fsp3) is 0.611. The molecule has 0 aliphatic carbocycles. The van der Waals surface area contributed by atoms with E-state index >= 15 is 0 Å². The maximum absolute atomic E-state index is 12.2. The van der Waals surface area contributed by atoms with Crippen molar-refractivity contribution >= 4 is 17.7 Å². The summed E-state index contributed by atoms with van der Waals surface area (Å²) in [5, 5.41) is 3.01. The number of thioether (sulfide) groups is 1. The zero-order valence-electron chi connectivity index (χ0n) is 14.2. The van der Waals surface area contributed by atoms with E-state index in [0.29, 0.717) is 5.92 Å². The van der Waals surface area contributed by atoms with Gasteiger partial charge in [-0.1, -0.05) is 33.1 Å². The molecule has 0 saturated heterocycles. The van der Waals surface area contributed by atoms with E-state index in [-0.39, 0.29) is 11.2 Å². The maximum Gasteiger partial charge on any atom is 0.233 e. The molecule has 0 heterocycles. The van der Waals surface area contributed by atoms with Gasteiger partial charge in [-0.2, -0.15) is 0 Å². The van der Waals surface area contributed by atoms with Crippen molar-refractivity contribution in [2.45, 2.75) is 56.6 Å². The standard InChI is InChI=1S/C18H29NO2S/c1-5-7-8-15(6-2)13-19-18(20)14(3)22-17-11-9-16(21-4)10-12-17/h9-12,14-15H,5-8,13H2,1-4H3,(H,19,20)/t14-,15+/m1/s1. The molecule has 124 valence electrons. The van der Waals surface area contributed by atoms with E-state index in [1.807, 2.05) is 31.2 Å². The Bertz CT molecular complexity index is 433. The highest BCUT2D eigenvalue weighted by atomic mass is 32.2. The van der Waals surface area contributed by atoms with Crippen molar-refractivity contribution in [1.82, 2.24) is 5.32 Å². The third-order valence-electron chi connectivity index (χ3n) is 3.85. The van der Waals surface area contributed by atoms with Gasteiger partial charge in [-0.3, -0.25) is 4.79 Å². The zero-order chi connectivity index (χ0) is 16.4. The lowest BCUT2D eigenvalue weighted by Crippen LogP contribution is -2.34. The fourth-order valence-corrected chi connectivity index (χ4v) is 3.14. The summed E-state index contributed by atoms with van der Waals surface area (Å²) in [4.78, 5) is 13.3. The molecule has 0 bridgehead atoms. The van der Waals surface area contributed by atoms with Gasteiger partial charge in [0.2, 0.25) is 5.91 Å². The first kappa shape index (κ1) is 18.9. The van der Waals surface area contributed by atoms with Crippen molar-refractivity contribution in [3.05, 3.63) is 24.3 Å². The molecule has 1 aromatic carbocycles. The second kappa shape index (κ2) is 10.5. The quantitative estimate of drug-likeness (QED) is 0.644. The van der Waals surface area contributed by atoms with Crippen LogP contribution in [0.1, 0.15) is 46.5 Å². The van der Waals surface area contributed by atoms with Crippen molar-refractivity contribution in [1.29, 1.82) is 0 Å². The first-order chi connectivity index (χ1) is 10.6. The van der Waals surface area contributed by atoms with Crippen molar-refractivity contribution in [3.8, 4) is 5.75 Å². The molecule has 0 aromatic heterocycles. The van der Waals surface area contributed by atoms with E-state index in [9.17, 15) is 4.79 Å². The molecule has 0 aliphatic rings. The minimum atomic E-state index is -0.0860. The summed E-state index contributed by atoms with van der Waals surface area (Å²) in [6.45, 7) is 7.15. The van der Waals surface area contributed by atoms with Crippen LogP contribution in [0.15, 0.2) is 29.2 Å². The Hall–Kier alpha value is -1.16. The lowest BCUT2D eigenvalue weighted by Gasteiger charge is -2.17. The number of rotatable bonds is 10. The number of carbonyl (C=O) groups is 1. The molecule has 3 nitrogen and oxygen atoms in total. The molecule has 0 unspecified atom stereocenters. The predicted molar refractivity (Wildman–Crippen MR) is 94.6 cm³/mol. The number of ether oxygens (including phenoxy) is 1. The highest BCUT2D eigenvalue weighted by molar-refractivity contribution is 8.00. The Morgan fingerprint density at radius 3 is 2.50 bits per heavy atom. The molecule has 0 spiro atoms. The van der Waals surface area contributed by atoms with Gasteiger partial charge in [0, 0.05) is 11.4 Å². The molecular weight excluding hydrogens is 294 g/mol. The van der Waals surface area contributed by atoms with Gasteiger partial charge in [-0.25, -0.2) is 0 Å². The van der Waals surface area contributed by atoms with Crippen molar-refractivity contribution < 1.29 is 9.53 Å². The Morgan fingerprint density at radius 2 is 1.95 bits per heavy atom. The summed E-state index contributed by atoms with van der Waals surface area (Å²) in [5.41, 5.74) is 0. The first-order valence-corrected chi connectivity index (χ1v) is 9.07. The Kier molecular flexibility index (Phi) is 9.05. The van der Waals surface area contributed by atoms with E-state index in [0.717, 1.165) is 23.6 Å². The van der Waals surface area contributed by atoms with Crippen LogP contribution in [0.5, 0.6) is 5.75 Å². The molecule has 0 saturated carbocycles. The maximum atomic E-state index is 12.2. The van der Waals surface area contributed by atoms with Gasteiger partial charge in [0.15, 0.2) is 0 Å². The second-order valence-electron chi connectivity index (χ2n) is 5.60. The van der Waals surface area contributed by atoms with Crippen LogP contribution >= 0.6 is 11.8 Å². The first-order valence-electron chi connectivity index (χ1n) is 8.19. The van der Waals surface area contributed by atoms with Crippen molar-refractivity contribution in [2.24, 2.45) is 5.92 Å². The average Bonchev–Trinajstić information content (AvgIpc) is 2.55. The van der Waals surface area contributed by atoms with Gasteiger partial charge in [-0.05, 0) is 43.5 Å². The SMILES string of the molecule is CCCC[C@H](CC)CNC(=O)[C@@H](C)Sc1ccc(OC)cc1. The monoisotopic (exact) mass is 323 g/mol. The number of hydrogen-bond donors (Lipinski definition) is 1. The number of amides is 1. The summed E-state index contributed by atoms with van der Waals surface area (Å²) in [6, 6.07) is 7.82. The Labute approximate surface area is 139 Å². The number of carbonyl (C=O) groups excluding carboxylic acids is 1. The lowest BCUT2D eigenvalue weighted by molar-refractivity contribution is -0.120. The minimum absolute atomic E-state index is 0.0860. The summed E-state index contributed by atoms with van der Waals surface area (Å²) >= 11 is 1.58. The van der Waals surface area contributed by atoms with Crippen molar-refractivity contribution in [2.75, 3.05) is 13.7 Å². The summed E-state index contributed by atoms with van der Waals surface area (Å²) in [6.07, 6.45) is 4.78. The highest BCUT2D eigenvalue weighted by Gasteiger charge is 2.15. The van der Waals surface area contributed by atoms with Crippen LogP contribution in [0.3, 0.4) is 0 Å². The second-order valence-corrected chi connectivity index (χ2v) is 7.01. The van der Waals surface area contributed by atoms with Gasteiger partial charge in [-0.15, -0.1) is 11.8 Å². The molecule has 0 aliphatic heterocycles. The molecule has 2 atom stereocenters. The third kappa shape index (κ3) is 6.73. The van der Waals surface area contributed by atoms with Gasteiger partial charge in [0.05, 0.1) is 12.4 Å². The summed E-state index contributed by atoms with van der Waals surface area (Å²) < 4.78 is 5.14. The van der Waals surface area contributed by atoms with Gasteiger partial charge in [0.1, 0.15) is 5.75 Å². The molecule has 1 rings (SSSR count). The number of hydrogen-bond acceptors (Lipinski definition) is 3. The van der Waals surface area contributed by atoms with Crippen LogP contribution in [0.2, 0.25) is 0 Å². The Balaban J connectivity index is 2.40. The van der Waals surface area contributed by atoms with Crippen LogP contribution in [-0.4, -0.2) is 24.8 Å². The molecule has 1 N–H and O–H groups in total. The van der Waals surface area contributed by atoms with E-state index in [1.54, 1.807) is 18.9 Å². The number of benzene rings is 1. The van der Waals surface area contributed by atoms with E-state index in [2.05, 4.69) is 19.2 Å². The Morgan fingerprint density at radius 1 is 1.27 bits per heavy atom. The zero-order valence-corrected chi connectivity index (χ0v) is 15.0. The van der Waals surface area contributed by atoms with Crippen molar-refractivity contribution in [3.63, 3.8) is 0 Å².